The Kier molecular flexibility index (Phi) is 4.80. The minimum atomic E-state index is -0.776. The van der Waals surface area contributed by atoms with E-state index in [1.54, 1.807) is 12.1 Å². The zero-order chi connectivity index (χ0) is 17.1. The topological polar surface area (TPSA) is 49.4 Å². The highest BCUT2D eigenvalue weighted by atomic mass is 32.2. The number of para-hydroxylation sites is 1. The normalized spacial score (nSPS) is 16.9. The first-order valence-corrected chi connectivity index (χ1v) is 8.42. The highest BCUT2D eigenvalue weighted by molar-refractivity contribution is 7.99. The first-order valence-electron chi connectivity index (χ1n) is 7.26. The first kappa shape index (κ1) is 16.4. The van der Waals surface area contributed by atoms with Gasteiger partial charge in [-0.1, -0.05) is 24.3 Å². The summed E-state index contributed by atoms with van der Waals surface area (Å²) < 4.78 is 27.5. The molecular formula is C17H14F2N2O2S. The van der Waals surface area contributed by atoms with Crippen molar-refractivity contribution in [2.24, 2.45) is 0 Å². The molecular weight excluding hydrogens is 334 g/mol. The molecule has 0 spiro atoms. The van der Waals surface area contributed by atoms with E-state index in [9.17, 15) is 18.4 Å². The van der Waals surface area contributed by atoms with E-state index >= 15 is 0 Å². The molecule has 24 heavy (non-hydrogen) atoms. The predicted molar refractivity (Wildman–Crippen MR) is 88.7 cm³/mol. The lowest BCUT2D eigenvalue weighted by Crippen LogP contribution is -2.44. The van der Waals surface area contributed by atoms with Crippen LogP contribution in [-0.4, -0.2) is 34.4 Å². The smallest absolute Gasteiger partial charge is 0.258 e. The summed E-state index contributed by atoms with van der Waals surface area (Å²) in [5, 5.41) is 2.49. The highest BCUT2D eigenvalue weighted by Gasteiger charge is 2.36. The largest absolute Gasteiger partial charge is 0.322 e. The number of carbonyl (C=O) groups excluding carboxylic acids is 2. The van der Waals surface area contributed by atoms with E-state index in [-0.39, 0.29) is 17.1 Å². The van der Waals surface area contributed by atoms with Crippen molar-refractivity contribution >= 4 is 29.3 Å². The lowest BCUT2D eigenvalue weighted by Gasteiger charge is -2.23. The number of amides is 2. The maximum absolute atomic E-state index is 13.8. The van der Waals surface area contributed by atoms with Crippen molar-refractivity contribution in [1.82, 2.24) is 4.90 Å². The molecule has 1 fully saturated rings. The van der Waals surface area contributed by atoms with Gasteiger partial charge in [-0.15, -0.1) is 11.8 Å². The third kappa shape index (κ3) is 3.26. The van der Waals surface area contributed by atoms with Crippen LogP contribution in [0.4, 0.5) is 14.5 Å². The Morgan fingerprint density at radius 1 is 1.04 bits per heavy atom. The molecule has 0 aromatic heterocycles. The molecule has 2 aromatic carbocycles. The molecule has 1 aliphatic rings. The van der Waals surface area contributed by atoms with E-state index in [1.165, 1.54) is 53.1 Å². The van der Waals surface area contributed by atoms with Crippen LogP contribution in [0.5, 0.6) is 0 Å². The van der Waals surface area contributed by atoms with Crippen LogP contribution in [0.2, 0.25) is 0 Å². The molecule has 1 heterocycles. The molecule has 4 nitrogen and oxygen atoms in total. The molecule has 0 saturated carbocycles. The molecule has 1 N–H and O–H groups in total. The van der Waals surface area contributed by atoms with Gasteiger partial charge >= 0.3 is 0 Å². The fourth-order valence-corrected chi connectivity index (χ4v) is 3.58. The quantitative estimate of drug-likeness (QED) is 0.927. The van der Waals surface area contributed by atoms with Gasteiger partial charge in [0.05, 0.1) is 17.1 Å². The van der Waals surface area contributed by atoms with E-state index in [4.69, 9.17) is 0 Å². The number of thioether (sulfide) groups is 1. The average Bonchev–Trinajstić information content (AvgIpc) is 3.06. The standard InChI is InChI=1S/C17H14F2N2O2S/c18-12-6-2-1-5-11(12)17(23)21-10-24-9-15(21)16(22)20-14-8-4-3-7-13(14)19/h1-8,15H,9-10H2,(H,20,22)/t15-/m1/s1. The molecule has 7 heteroatoms. The van der Waals surface area contributed by atoms with Crippen LogP contribution in [0.1, 0.15) is 10.4 Å². The van der Waals surface area contributed by atoms with E-state index < -0.39 is 29.5 Å². The maximum Gasteiger partial charge on any atom is 0.258 e. The van der Waals surface area contributed by atoms with E-state index in [0.29, 0.717) is 5.75 Å². The Morgan fingerprint density at radius 3 is 2.42 bits per heavy atom. The zero-order valence-corrected chi connectivity index (χ0v) is 13.4. The Bertz CT molecular complexity index is 785. The van der Waals surface area contributed by atoms with Gasteiger partial charge in [0, 0.05) is 5.75 Å². The fraction of sp³-hybridized carbons (Fsp3) is 0.176. The van der Waals surface area contributed by atoms with E-state index in [1.807, 2.05) is 0 Å². The fourth-order valence-electron chi connectivity index (χ4n) is 2.43. The summed E-state index contributed by atoms with van der Waals surface area (Å²) in [4.78, 5) is 26.2. The van der Waals surface area contributed by atoms with Gasteiger partial charge in [0.2, 0.25) is 5.91 Å². The number of halogens is 2. The molecule has 3 rings (SSSR count). The number of nitrogens with one attached hydrogen (secondary N) is 1. The molecule has 0 aliphatic carbocycles. The number of rotatable bonds is 3. The van der Waals surface area contributed by atoms with Crippen molar-refractivity contribution in [3.8, 4) is 0 Å². The van der Waals surface area contributed by atoms with Crippen LogP contribution in [0.3, 0.4) is 0 Å². The lowest BCUT2D eigenvalue weighted by atomic mass is 10.1. The summed E-state index contributed by atoms with van der Waals surface area (Å²) in [5.41, 5.74) is -0.0265. The van der Waals surface area contributed by atoms with Gasteiger partial charge < -0.3 is 10.2 Å². The van der Waals surface area contributed by atoms with Gasteiger partial charge in [-0.25, -0.2) is 8.78 Å². The molecule has 2 amide bonds. The number of hydrogen-bond acceptors (Lipinski definition) is 3. The minimum Gasteiger partial charge on any atom is -0.322 e. The number of carbonyl (C=O) groups is 2. The summed E-state index contributed by atoms with van der Waals surface area (Å²) in [6.45, 7) is 0. The van der Waals surface area contributed by atoms with Crippen LogP contribution in [0.15, 0.2) is 48.5 Å². The van der Waals surface area contributed by atoms with Crippen molar-refractivity contribution in [2.45, 2.75) is 6.04 Å². The van der Waals surface area contributed by atoms with Gasteiger partial charge in [0.1, 0.15) is 17.7 Å². The van der Waals surface area contributed by atoms with Crippen molar-refractivity contribution in [1.29, 1.82) is 0 Å². The SMILES string of the molecule is O=C(Nc1ccccc1F)[C@H]1CSCN1C(=O)c1ccccc1F. The average molecular weight is 348 g/mol. The van der Waals surface area contributed by atoms with Gasteiger partial charge in [-0.3, -0.25) is 9.59 Å². The minimum absolute atomic E-state index is 0.0534. The zero-order valence-electron chi connectivity index (χ0n) is 12.5. The maximum atomic E-state index is 13.8. The Labute approximate surface area is 141 Å². The Hall–Kier alpha value is -2.41. The molecule has 0 bridgehead atoms. The Balaban J connectivity index is 1.78. The second-order valence-electron chi connectivity index (χ2n) is 5.24. The molecule has 0 unspecified atom stereocenters. The molecule has 1 atom stereocenters. The molecule has 2 aromatic rings. The van der Waals surface area contributed by atoms with Gasteiger partial charge in [-0.05, 0) is 24.3 Å². The van der Waals surface area contributed by atoms with E-state index in [2.05, 4.69) is 5.32 Å². The summed E-state index contributed by atoms with van der Waals surface area (Å²) in [6.07, 6.45) is 0. The lowest BCUT2D eigenvalue weighted by molar-refractivity contribution is -0.119. The van der Waals surface area contributed by atoms with Gasteiger partial charge in [0.25, 0.3) is 5.91 Å². The monoisotopic (exact) mass is 348 g/mol. The number of benzene rings is 2. The molecule has 1 saturated heterocycles. The van der Waals surface area contributed by atoms with Crippen molar-refractivity contribution in [2.75, 3.05) is 16.9 Å². The summed E-state index contributed by atoms with van der Waals surface area (Å²) >= 11 is 1.39. The number of hydrogen-bond donors (Lipinski definition) is 1. The van der Waals surface area contributed by atoms with Crippen LogP contribution < -0.4 is 5.32 Å². The van der Waals surface area contributed by atoms with Crippen molar-refractivity contribution in [3.63, 3.8) is 0 Å². The molecule has 0 radical (unpaired) electrons. The van der Waals surface area contributed by atoms with Crippen LogP contribution in [-0.2, 0) is 4.79 Å². The van der Waals surface area contributed by atoms with Crippen LogP contribution >= 0.6 is 11.8 Å². The summed E-state index contributed by atoms with van der Waals surface area (Å²) in [5.74, 6) is -1.57. The molecule has 124 valence electrons. The predicted octanol–water partition coefficient (Wildman–Crippen LogP) is 3.12. The van der Waals surface area contributed by atoms with Crippen LogP contribution in [0, 0.1) is 11.6 Å². The number of nitrogens with zero attached hydrogens (tertiary/aromatic N) is 1. The third-order valence-electron chi connectivity index (χ3n) is 3.68. The van der Waals surface area contributed by atoms with E-state index in [0.717, 1.165) is 0 Å². The highest BCUT2D eigenvalue weighted by Crippen LogP contribution is 2.25. The Morgan fingerprint density at radius 2 is 1.71 bits per heavy atom. The van der Waals surface area contributed by atoms with Crippen molar-refractivity contribution in [3.05, 3.63) is 65.7 Å². The van der Waals surface area contributed by atoms with Crippen LogP contribution in [0.25, 0.3) is 0 Å². The number of anilines is 1. The third-order valence-corrected chi connectivity index (χ3v) is 4.69. The summed E-state index contributed by atoms with van der Waals surface area (Å²) in [7, 11) is 0. The van der Waals surface area contributed by atoms with Gasteiger partial charge in [0.15, 0.2) is 0 Å². The van der Waals surface area contributed by atoms with Gasteiger partial charge in [-0.2, -0.15) is 0 Å². The van der Waals surface area contributed by atoms with Crippen molar-refractivity contribution < 1.29 is 18.4 Å². The summed E-state index contributed by atoms with van der Waals surface area (Å²) in [6, 6.07) is 10.7. The second-order valence-corrected chi connectivity index (χ2v) is 6.24. The first-order chi connectivity index (χ1) is 11.6. The second kappa shape index (κ2) is 7.00. The molecule has 1 aliphatic heterocycles.